The van der Waals surface area contributed by atoms with Gasteiger partial charge in [0.1, 0.15) is 11.6 Å². The monoisotopic (exact) mass is 261 g/mol. The third-order valence-corrected chi connectivity index (χ3v) is 2.75. The second-order valence-corrected chi connectivity index (χ2v) is 4.35. The zero-order valence-electron chi connectivity index (χ0n) is 10.3. The smallest absolute Gasteiger partial charge is 0.128 e. The highest BCUT2D eigenvalue weighted by atomic mass is 35.5. The largest absolute Gasteiger partial charge is 0.370 e. The summed E-state index contributed by atoms with van der Waals surface area (Å²) in [7, 11) is 0. The molecule has 1 aromatic heterocycles. The molecular formula is C14H16ClN3. The summed E-state index contributed by atoms with van der Waals surface area (Å²) >= 11 is 5.84. The molecule has 0 saturated carbocycles. The molecule has 0 aliphatic rings. The minimum absolute atomic E-state index is 0.736. The van der Waals surface area contributed by atoms with Crippen molar-refractivity contribution >= 4 is 23.2 Å². The van der Waals surface area contributed by atoms with E-state index in [4.69, 9.17) is 11.6 Å². The molecule has 0 unspecified atom stereocenters. The van der Waals surface area contributed by atoms with Crippen molar-refractivity contribution < 1.29 is 0 Å². The Bertz CT molecular complexity index is 497. The summed E-state index contributed by atoms with van der Waals surface area (Å²) in [6.45, 7) is 3.66. The van der Waals surface area contributed by atoms with E-state index in [1.165, 1.54) is 5.56 Å². The Morgan fingerprint density at radius 1 is 1.00 bits per heavy atom. The molecule has 18 heavy (non-hydrogen) atoms. The fraction of sp³-hybridized carbons (Fsp3) is 0.214. The van der Waals surface area contributed by atoms with E-state index in [0.29, 0.717) is 0 Å². The normalized spacial score (nSPS) is 10.1. The molecular weight excluding hydrogens is 246 g/mol. The van der Waals surface area contributed by atoms with Crippen molar-refractivity contribution in [3.8, 4) is 0 Å². The second-order valence-electron chi connectivity index (χ2n) is 3.92. The van der Waals surface area contributed by atoms with Gasteiger partial charge in [-0.1, -0.05) is 29.8 Å². The number of hydrogen-bond acceptors (Lipinski definition) is 3. The van der Waals surface area contributed by atoms with E-state index >= 15 is 0 Å². The topological polar surface area (TPSA) is 37.0 Å². The van der Waals surface area contributed by atoms with Crippen LogP contribution >= 0.6 is 11.6 Å². The van der Waals surface area contributed by atoms with Crippen LogP contribution in [0.1, 0.15) is 12.5 Å². The van der Waals surface area contributed by atoms with E-state index in [-0.39, 0.29) is 0 Å². The minimum atomic E-state index is 0.736. The molecule has 0 fully saturated rings. The maximum Gasteiger partial charge on any atom is 0.128 e. The van der Waals surface area contributed by atoms with Gasteiger partial charge in [0.15, 0.2) is 0 Å². The molecule has 0 atom stereocenters. The Morgan fingerprint density at radius 3 is 2.33 bits per heavy atom. The molecule has 1 heterocycles. The first-order chi connectivity index (χ1) is 8.78. The predicted molar refractivity (Wildman–Crippen MR) is 77.2 cm³/mol. The number of pyridine rings is 1. The van der Waals surface area contributed by atoms with Crippen molar-refractivity contribution in [1.29, 1.82) is 0 Å². The van der Waals surface area contributed by atoms with Gasteiger partial charge >= 0.3 is 0 Å². The highest BCUT2D eigenvalue weighted by Crippen LogP contribution is 2.12. The summed E-state index contributed by atoms with van der Waals surface area (Å²) in [5.41, 5.74) is 1.18. The highest BCUT2D eigenvalue weighted by Gasteiger charge is 1.97. The van der Waals surface area contributed by atoms with Crippen molar-refractivity contribution in [3.63, 3.8) is 0 Å². The molecule has 2 aromatic rings. The number of anilines is 2. The molecule has 3 nitrogen and oxygen atoms in total. The van der Waals surface area contributed by atoms with E-state index in [1.807, 2.05) is 42.5 Å². The summed E-state index contributed by atoms with van der Waals surface area (Å²) in [4.78, 5) is 4.45. The van der Waals surface area contributed by atoms with Gasteiger partial charge in [-0.3, -0.25) is 0 Å². The van der Waals surface area contributed by atoms with E-state index in [0.717, 1.165) is 29.7 Å². The summed E-state index contributed by atoms with van der Waals surface area (Å²) in [6.07, 6.45) is 0. The van der Waals surface area contributed by atoms with E-state index in [9.17, 15) is 0 Å². The van der Waals surface area contributed by atoms with Crippen LogP contribution in [-0.4, -0.2) is 11.5 Å². The number of nitrogens with zero attached hydrogens (tertiary/aromatic N) is 1. The van der Waals surface area contributed by atoms with Gasteiger partial charge in [0.25, 0.3) is 0 Å². The van der Waals surface area contributed by atoms with Gasteiger partial charge < -0.3 is 10.6 Å². The van der Waals surface area contributed by atoms with Crippen LogP contribution in [-0.2, 0) is 6.54 Å². The average Bonchev–Trinajstić information content (AvgIpc) is 2.39. The molecule has 0 bridgehead atoms. The standard InChI is InChI=1S/C14H16ClN3/c1-2-16-13-4-3-5-14(18-13)17-10-11-6-8-12(15)9-7-11/h3-9H,2,10H2,1H3,(H2,16,17,18). The van der Waals surface area contributed by atoms with Gasteiger partial charge in [-0.25, -0.2) is 4.98 Å². The number of halogens is 1. The number of aromatic nitrogens is 1. The van der Waals surface area contributed by atoms with Gasteiger partial charge in [-0.15, -0.1) is 0 Å². The summed E-state index contributed by atoms with van der Waals surface area (Å²) in [5.74, 6) is 1.75. The number of benzene rings is 1. The lowest BCUT2D eigenvalue weighted by Crippen LogP contribution is -2.04. The Hall–Kier alpha value is -1.74. The fourth-order valence-electron chi connectivity index (χ4n) is 1.61. The molecule has 4 heteroatoms. The minimum Gasteiger partial charge on any atom is -0.370 e. The lowest BCUT2D eigenvalue weighted by Gasteiger charge is -2.08. The van der Waals surface area contributed by atoms with Crippen molar-refractivity contribution in [2.75, 3.05) is 17.2 Å². The molecule has 94 valence electrons. The molecule has 0 aliphatic heterocycles. The molecule has 0 saturated heterocycles. The summed E-state index contributed by atoms with van der Waals surface area (Å²) in [5, 5.41) is 7.23. The van der Waals surface area contributed by atoms with Gasteiger partial charge in [0.05, 0.1) is 0 Å². The van der Waals surface area contributed by atoms with Crippen LogP contribution in [0.15, 0.2) is 42.5 Å². The number of rotatable bonds is 5. The molecule has 2 rings (SSSR count). The highest BCUT2D eigenvalue weighted by molar-refractivity contribution is 6.30. The van der Waals surface area contributed by atoms with E-state index in [2.05, 4.69) is 22.5 Å². The maximum absolute atomic E-state index is 5.84. The van der Waals surface area contributed by atoms with Crippen molar-refractivity contribution in [3.05, 3.63) is 53.1 Å². The molecule has 1 aromatic carbocycles. The number of hydrogen-bond donors (Lipinski definition) is 2. The quantitative estimate of drug-likeness (QED) is 0.860. The summed E-state index contributed by atoms with van der Waals surface area (Å²) < 4.78 is 0. The van der Waals surface area contributed by atoms with Gasteiger partial charge in [-0.2, -0.15) is 0 Å². The van der Waals surface area contributed by atoms with Crippen LogP contribution in [0.2, 0.25) is 5.02 Å². The van der Waals surface area contributed by atoms with Crippen LogP contribution < -0.4 is 10.6 Å². The average molecular weight is 262 g/mol. The third kappa shape index (κ3) is 3.64. The Kier molecular flexibility index (Phi) is 4.42. The van der Waals surface area contributed by atoms with Gasteiger partial charge in [-0.05, 0) is 36.8 Å². The Balaban J connectivity index is 1.97. The first-order valence-electron chi connectivity index (χ1n) is 5.97. The number of nitrogens with one attached hydrogen (secondary N) is 2. The Morgan fingerprint density at radius 2 is 1.67 bits per heavy atom. The lowest BCUT2D eigenvalue weighted by molar-refractivity contribution is 1.10. The third-order valence-electron chi connectivity index (χ3n) is 2.49. The van der Waals surface area contributed by atoms with Gasteiger partial charge in [0.2, 0.25) is 0 Å². The molecule has 0 radical (unpaired) electrons. The van der Waals surface area contributed by atoms with Crippen LogP contribution in [0.5, 0.6) is 0 Å². The van der Waals surface area contributed by atoms with Gasteiger partial charge in [0, 0.05) is 18.1 Å². The predicted octanol–water partition coefficient (Wildman–Crippen LogP) is 3.78. The van der Waals surface area contributed by atoms with E-state index < -0.39 is 0 Å². The molecule has 0 amide bonds. The Labute approximate surface area is 112 Å². The van der Waals surface area contributed by atoms with Crippen LogP contribution in [0, 0.1) is 0 Å². The molecule has 2 N–H and O–H groups in total. The van der Waals surface area contributed by atoms with Crippen LogP contribution in [0.3, 0.4) is 0 Å². The van der Waals surface area contributed by atoms with Crippen molar-refractivity contribution in [2.45, 2.75) is 13.5 Å². The van der Waals surface area contributed by atoms with Crippen LogP contribution in [0.25, 0.3) is 0 Å². The lowest BCUT2D eigenvalue weighted by atomic mass is 10.2. The van der Waals surface area contributed by atoms with Crippen LogP contribution in [0.4, 0.5) is 11.6 Å². The molecule has 0 aliphatic carbocycles. The first kappa shape index (κ1) is 12.7. The molecule has 0 spiro atoms. The summed E-state index contributed by atoms with van der Waals surface area (Å²) in [6, 6.07) is 13.7. The zero-order valence-corrected chi connectivity index (χ0v) is 11.0. The first-order valence-corrected chi connectivity index (χ1v) is 6.35. The maximum atomic E-state index is 5.84. The SMILES string of the molecule is CCNc1cccc(NCc2ccc(Cl)cc2)n1. The zero-order chi connectivity index (χ0) is 12.8. The van der Waals surface area contributed by atoms with E-state index in [1.54, 1.807) is 0 Å². The van der Waals surface area contributed by atoms with Crippen molar-refractivity contribution in [1.82, 2.24) is 4.98 Å². The second kappa shape index (κ2) is 6.26. The van der Waals surface area contributed by atoms with Crippen molar-refractivity contribution in [2.24, 2.45) is 0 Å². The fourth-order valence-corrected chi connectivity index (χ4v) is 1.73.